The molecular formula is C14H20FNS. The summed E-state index contributed by atoms with van der Waals surface area (Å²) in [6, 6.07) is 7.18. The molecule has 0 saturated heterocycles. The maximum Gasteiger partial charge on any atom is 0.123 e. The minimum atomic E-state index is -0.160. The van der Waals surface area contributed by atoms with Gasteiger partial charge in [-0.25, -0.2) is 4.39 Å². The van der Waals surface area contributed by atoms with Crippen LogP contribution in [0.4, 0.5) is 4.39 Å². The summed E-state index contributed by atoms with van der Waals surface area (Å²) < 4.78 is 12.9. The topological polar surface area (TPSA) is 12.0 Å². The van der Waals surface area contributed by atoms with Crippen LogP contribution >= 0.6 is 11.8 Å². The van der Waals surface area contributed by atoms with Gasteiger partial charge in [-0.15, -0.1) is 0 Å². The van der Waals surface area contributed by atoms with Crippen LogP contribution in [0.1, 0.15) is 37.3 Å². The van der Waals surface area contributed by atoms with Crippen molar-refractivity contribution in [3.63, 3.8) is 0 Å². The molecular weight excluding hydrogens is 233 g/mol. The van der Waals surface area contributed by atoms with E-state index in [2.05, 4.69) is 17.1 Å². The highest BCUT2D eigenvalue weighted by molar-refractivity contribution is 7.99. The fraction of sp³-hybridized carbons (Fsp3) is 0.571. The van der Waals surface area contributed by atoms with Gasteiger partial charge in [-0.1, -0.05) is 25.0 Å². The fourth-order valence-corrected chi connectivity index (χ4v) is 3.82. The molecule has 0 spiro atoms. The summed E-state index contributed by atoms with van der Waals surface area (Å²) in [5.74, 6) is 0.916. The van der Waals surface area contributed by atoms with E-state index in [0.29, 0.717) is 6.04 Å². The summed E-state index contributed by atoms with van der Waals surface area (Å²) in [4.78, 5) is 0. The van der Waals surface area contributed by atoms with Gasteiger partial charge in [-0.05, 0) is 37.6 Å². The zero-order valence-corrected chi connectivity index (χ0v) is 11.1. The number of nitrogens with one attached hydrogen (secondary N) is 1. The number of rotatable bonds is 5. The highest BCUT2D eigenvalue weighted by Gasteiger charge is 2.18. The van der Waals surface area contributed by atoms with Gasteiger partial charge in [0.15, 0.2) is 0 Å². The van der Waals surface area contributed by atoms with E-state index in [1.54, 1.807) is 12.1 Å². The molecule has 2 rings (SSSR count). The summed E-state index contributed by atoms with van der Waals surface area (Å²) in [6.07, 6.45) is 5.51. The lowest BCUT2D eigenvalue weighted by molar-refractivity contribution is 0.620. The first-order valence-corrected chi connectivity index (χ1v) is 7.39. The third-order valence-corrected chi connectivity index (χ3v) is 4.89. The molecule has 0 amide bonds. The molecule has 0 radical (unpaired) electrons. The Hall–Kier alpha value is -0.540. The lowest BCUT2D eigenvalue weighted by Gasteiger charge is -2.18. The van der Waals surface area contributed by atoms with Crippen molar-refractivity contribution in [1.82, 2.24) is 5.32 Å². The molecule has 1 aromatic rings. The van der Waals surface area contributed by atoms with Crippen molar-refractivity contribution >= 4 is 11.8 Å². The van der Waals surface area contributed by atoms with Crippen LogP contribution in [0.15, 0.2) is 24.3 Å². The zero-order chi connectivity index (χ0) is 12.1. The Kier molecular flexibility index (Phi) is 4.86. The standard InChI is InChI=1S/C14H20FNS/c1-16-14(10-17-13-4-2-3-5-13)11-6-8-12(15)9-7-11/h6-9,13-14,16H,2-5,10H2,1H3. The molecule has 1 saturated carbocycles. The van der Waals surface area contributed by atoms with Gasteiger partial charge >= 0.3 is 0 Å². The Bertz CT molecular complexity index is 333. The predicted octanol–water partition coefficient (Wildman–Crippen LogP) is 3.76. The molecule has 0 aliphatic heterocycles. The molecule has 17 heavy (non-hydrogen) atoms. The summed E-state index contributed by atoms with van der Waals surface area (Å²) in [7, 11) is 1.98. The van der Waals surface area contributed by atoms with Gasteiger partial charge in [-0.3, -0.25) is 0 Å². The summed E-state index contributed by atoms with van der Waals surface area (Å²) in [6.45, 7) is 0. The van der Waals surface area contributed by atoms with Crippen LogP contribution in [0.3, 0.4) is 0 Å². The van der Waals surface area contributed by atoms with Gasteiger partial charge in [0.25, 0.3) is 0 Å². The van der Waals surface area contributed by atoms with Crippen molar-refractivity contribution in [1.29, 1.82) is 0 Å². The SMILES string of the molecule is CNC(CSC1CCCC1)c1ccc(F)cc1. The first kappa shape index (κ1) is 12.9. The first-order valence-electron chi connectivity index (χ1n) is 6.34. The zero-order valence-electron chi connectivity index (χ0n) is 10.3. The Morgan fingerprint density at radius 3 is 2.53 bits per heavy atom. The van der Waals surface area contributed by atoms with Crippen LogP contribution in [0.2, 0.25) is 0 Å². The molecule has 0 bridgehead atoms. The molecule has 1 aromatic carbocycles. The minimum Gasteiger partial charge on any atom is -0.312 e. The molecule has 3 heteroatoms. The van der Waals surface area contributed by atoms with Gasteiger partial charge in [0, 0.05) is 17.0 Å². The van der Waals surface area contributed by atoms with Gasteiger partial charge < -0.3 is 5.32 Å². The van der Waals surface area contributed by atoms with Crippen molar-refractivity contribution in [2.24, 2.45) is 0 Å². The lowest BCUT2D eigenvalue weighted by atomic mass is 10.1. The van der Waals surface area contributed by atoms with Crippen molar-refractivity contribution in [2.75, 3.05) is 12.8 Å². The molecule has 0 heterocycles. The summed E-state index contributed by atoms with van der Waals surface area (Å²) in [5, 5.41) is 4.16. The monoisotopic (exact) mass is 253 g/mol. The Balaban J connectivity index is 1.89. The van der Waals surface area contributed by atoms with Gasteiger partial charge in [0.2, 0.25) is 0 Å². The van der Waals surface area contributed by atoms with E-state index < -0.39 is 0 Å². The van der Waals surface area contributed by atoms with E-state index in [1.165, 1.54) is 31.2 Å². The third kappa shape index (κ3) is 3.71. The van der Waals surface area contributed by atoms with Crippen molar-refractivity contribution in [2.45, 2.75) is 37.0 Å². The maximum atomic E-state index is 12.9. The number of hydrogen-bond acceptors (Lipinski definition) is 2. The molecule has 1 N–H and O–H groups in total. The second kappa shape index (κ2) is 6.41. The second-order valence-corrected chi connectivity index (χ2v) is 5.97. The summed E-state index contributed by atoms with van der Waals surface area (Å²) >= 11 is 2.06. The molecule has 1 aliphatic carbocycles. The highest BCUT2D eigenvalue weighted by Crippen LogP contribution is 2.31. The second-order valence-electron chi connectivity index (χ2n) is 4.63. The number of halogens is 1. The molecule has 94 valence electrons. The molecule has 1 aliphatic rings. The maximum absolute atomic E-state index is 12.9. The predicted molar refractivity (Wildman–Crippen MR) is 72.9 cm³/mol. The lowest BCUT2D eigenvalue weighted by Crippen LogP contribution is -2.19. The summed E-state index contributed by atoms with van der Waals surface area (Å²) in [5.41, 5.74) is 1.18. The number of hydrogen-bond donors (Lipinski definition) is 1. The van der Waals surface area contributed by atoms with Crippen molar-refractivity contribution in [3.8, 4) is 0 Å². The van der Waals surface area contributed by atoms with Crippen LogP contribution in [0.25, 0.3) is 0 Å². The third-order valence-electron chi connectivity index (χ3n) is 3.42. The van der Waals surface area contributed by atoms with Gasteiger partial charge in [-0.2, -0.15) is 11.8 Å². The van der Waals surface area contributed by atoms with E-state index in [0.717, 1.165) is 11.0 Å². The normalized spacial score (nSPS) is 18.5. The van der Waals surface area contributed by atoms with Crippen LogP contribution in [0, 0.1) is 5.82 Å². The van der Waals surface area contributed by atoms with Crippen molar-refractivity contribution in [3.05, 3.63) is 35.6 Å². The number of benzene rings is 1. The average Bonchev–Trinajstić information content (AvgIpc) is 2.85. The highest BCUT2D eigenvalue weighted by atomic mass is 32.2. The largest absolute Gasteiger partial charge is 0.312 e. The van der Waals surface area contributed by atoms with Crippen molar-refractivity contribution < 1.29 is 4.39 Å². The fourth-order valence-electron chi connectivity index (χ4n) is 2.33. The Morgan fingerprint density at radius 2 is 1.94 bits per heavy atom. The van der Waals surface area contributed by atoms with Crippen LogP contribution < -0.4 is 5.32 Å². The van der Waals surface area contributed by atoms with E-state index in [1.807, 2.05) is 19.2 Å². The molecule has 1 nitrogen and oxygen atoms in total. The van der Waals surface area contributed by atoms with E-state index >= 15 is 0 Å². The van der Waals surface area contributed by atoms with Crippen LogP contribution in [-0.4, -0.2) is 18.1 Å². The smallest absolute Gasteiger partial charge is 0.123 e. The van der Waals surface area contributed by atoms with E-state index in [-0.39, 0.29) is 5.82 Å². The Morgan fingerprint density at radius 1 is 1.29 bits per heavy atom. The van der Waals surface area contributed by atoms with E-state index in [4.69, 9.17) is 0 Å². The van der Waals surface area contributed by atoms with Crippen LogP contribution in [0.5, 0.6) is 0 Å². The quantitative estimate of drug-likeness (QED) is 0.857. The molecule has 1 unspecified atom stereocenters. The minimum absolute atomic E-state index is 0.160. The molecule has 1 atom stereocenters. The van der Waals surface area contributed by atoms with Gasteiger partial charge in [0.05, 0.1) is 0 Å². The number of thioether (sulfide) groups is 1. The molecule has 0 aromatic heterocycles. The molecule has 1 fully saturated rings. The average molecular weight is 253 g/mol. The Labute approximate surface area is 107 Å². The van der Waals surface area contributed by atoms with Crippen LogP contribution in [-0.2, 0) is 0 Å². The van der Waals surface area contributed by atoms with Gasteiger partial charge in [0.1, 0.15) is 5.82 Å². The van der Waals surface area contributed by atoms with E-state index in [9.17, 15) is 4.39 Å². The first-order chi connectivity index (χ1) is 8.29.